The zero-order chi connectivity index (χ0) is 36.4. The maximum atomic E-state index is 9.82. The van der Waals surface area contributed by atoms with E-state index in [2.05, 4.69) is 71.5 Å². The lowest BCUT2D eigenvalue weighted by Crippen LogP contribution is -2.48. The Labute approximate surface area is 306 Å². The molecule has 0 unspecified atom stereocenters. The lowest BCUT2D eigenvalue weighted by Gasteiger charge is -2.27. The van der Waals surface area contributed by atoms with Gasteiger partial charge < -0.3 is 35.0 Å². The fourth-order valence-corrected chi connectivity index (χ4v) is 6.66. The number of aliphatic hydroxyl groups is 3. The van der Waals surface area contributed by atoms with E-state index in [1.165, 1.54) is 28.5 Å². The van der Waals surface area contributed by atoms with Gasteiger partial charge in [0.25, 0.3) is 0 Å². The fraction of sp³-hybridized carbons (Fsp3) is 0.415. The Morgan fingerprint density at radius 2 is 1.65 bits per heavy atom. The number of hydrogen-bond donors (Lipinski definition) is 4. The molecule has 0 bridgehead atoms. The van der Waals surface area contributed by atoms with E-state index in [1.807, 2.05) is 0 Å². The van der Waals surface area contributed by atoms with Gasteiger partial charge in [-0.3, -0.25) is 4.98 Å². The first-order chi connectivity index (χ1) is 24.6. The Morgan fingerprint density at radius 1 is 0.941 bits per heavy atom. The van der Waals surface area contributed by atoms with Crippen molar-refractivity contribution in [3.63, 3.8) is 0 Å². The van der Waals surface area contributed by atoms with Crippen molar-refractivity contribution in [2.75, 3.05) is 32.8 Å². The van der Waals surface area contributed by atoms with Crippen LogP contribution in [0.2, 0.25) is 5.02 Å². The number of rotatable bonds is 17. The van der Waals surface area contributed by atoms with Gasteiger partial charge in [0.1, 0.15) is 30.8 Å². The molecule has 1 aliphatic rings. The first-order valence-corrected chi connectivity index (χ1v) is 18.0. The van der Waals surface area contributed by atoms with Crippen molar-refractivity contribution < 1.29 is 24.8 Å². The molecule has 9 nitrogen and oxygen atoms in total. The molecule has 1 atom stereocenters. The molecule has 1 aromatic heterocycles. The minimum atomic E-state index is -0.900. The molecule has 0 saturated carbocycles. The number of nitriles is 1. The number of aliphatic hydroxyl groups excluding tert-OH is 3. The van der Waals surface area contributed by atoms with Crippen LogP contribution in [0.5, 0.6) is 11.5 Å². The Balaban J connectivity index is 1.31. The van der Waals surface area contributed by atoms with Crippen LogP contribution >= 0.6 is 11.6 Å². The quantitative estimate of drug-likeness (QED) is 0.0936. The number of aromatic nitrogens is 1. The molecule has 0 radical (unpaired) electrons. The first-order valence-electron chi connectivity index (χ1n) is 17.6. The number of nitrogens with zero attached hydrogens (tertiary/aromatic N) is 3. The highest BCUT2D eigenvalue weighted by Crippen LogP contribution is 2.36. The normalized spacial score (nSPS) is 14.8. The van der Waals surface area contributed by atoms with E-state index in [4.69, 9.17) is 21.1 Å². The van der Waals surface area contributed by atoms with Crippen molar-refractivity contribution in [1.82, 2.24) is 15.2 Å². The molecule has 2 heterocycles. The minimum Gasteiger partial charge on any atom is -0.488 e. The van der Waals surface area contributed by atoms with Gasteiger partial charge in [-0.25, -0.2) is 0 Å². The number of benzene rings is 3. The van der Waals surface area contributed by atoms with Gasteiger partial charge in [0.05, 0.1) is 35.4 Å². The summed E-state index contributed by atoms with van der Waals surface area (Å²) in [7, 11) is 0. The molecule has 0 aliphatic carbocycles. The standard InChI is InChI=1S/C41H49ClN4O5/c1-28-32(8-4-5-14-46-15-13-35(49)23-46)9-6-11-36(28)37-12-7-10-33(29(37)2)25-51-40-18-39(50-24-31-16-30(19-43)20-44-21-31)34(17-38(40)42)22-45-41(3,26-47)27-48/h6-7,9-12,16-18,20-21,35,45,47-49H,4-5,8,13-15,22-27H2,1-3H3/t35-/m1/s1. The summed E-state index contributed by atoms with van der Waals surface area (Å²) in [6, 6.07) is 20.2. The lowest BCUT2D eigenvalue weighted by atomic mass is 9.90. The van der Waals surface area contributed by atoms with Crippen molar-refractivity contribution in [2.24, 2.45) is 0 Å². The largest absolute Gasteiger partial charge is 0.488 e. The molecule has 4 N–H and O–H groups in total. The van der Waals surface area contributed by atoms with E-state index in [1.54, 1.807) is 31.3 Å². The lowest BCUT2D eigenvalue weighted by molar-refractivity contribution is 0.103. The Bertz CT molecular complexity index is 1820. The third-order valence-electron chi connectivity index (χ3n) is 9.82. The second-order valence-electron chi connectivity index (χ2n) is 13.8. The molecule has 270 valence electrons. The van der Waals surface area contributed by atoms with E-state index in [-0.39, 0.29) is 32.5 Å². The van der Waals surface area contributed by atoms with E-state index in [0.717, 1.165) is 62.0 Å². The molecule has 10 heteroatoms. The predicted octanol–water partition coefficient (Wildman–Crippen LogP) is 6.27. The highest BCUT2D eigenvalue weighted by molar-refractivity contribution is 6.32. The van der Waals surface area contributed by atoms with Gasteiger partial charge in [0.2, 0.25) is 0 Å². The molecule has 5 rings (SSSR count). The summed E-state index contributed by atoms with van der Waals surface area (Å²) in [5, 5.41) is 42.3. The number of halogens is 1. The summed E-state index contributed by atoms with van der Waals surface area (Å²) in [6.07, 6.45) is 7.10. The smallest absolute Gasteiger partial charge is 0.142 e. The molecule has 4 aromatic rings. The maximum absolute atomic E-state index is 9.82. The van der Waals surface area contributed by atoms with Crippen molar-refractivity contribution >= 4 is 11.6 Å². The summed E-state index contributed by atoms with van der Waals surface area (Å²) in [5.74, 6) is 0.969. The fourth-order valence-electron chi connectivity index (χ4n) is 6.42. The molecule has 0 amide bonds. The molecule has 3 aromatic carbocycles. The first kappa shape index (κ1) is 38.2. The highest BCUT2D eigenvalue weighted by Gasteiger charge is 2.23. The number of aryl methyl sites for hydroxylation is 1. The highest BCUT2D eigenvalue weighted by atomic mass is 35.5. The van der Waals surface area contributed by atoms with Crippen LogP contribution in [0.25, 0.3) is 11.1 Å². The van der Waals surface area contributed by atoms with Crippen LogP contribution < -0.4 is 14.8 Å². The minimum absolute atomic E-state index is 0.163. The van der Waals surface area contributed by atoms with Gasteiger partial charge in [-0.1, -0.05) is 48.0 Å². The van der Waals surface area contributed by atoms with E-state index in [9.17, 15) is 20.6 Å². The predicted molar refractivity (Wildman–Crippen MR) is 200 cm³/mol. The zero-order valence-corrected chi connectivity index (χ0v) is 30.5. The van der Waals surface area contributed by atoms with E-state index in [0.29, 0.717) is 34.3 Å². The second-order valence-corrected chi connectivity index (χ2v) is 14.2. The SMILES string of the molecule is Cc1c(CCCCN2CC[C@@H](O)C2)cccc1-c1cccc(COc2cc(OCc3cncc(C#N)c3)c(CNC(C)(CO)CO)cc2Cl)c1C. The zero-order valence-electron chi connectivity index (χ0n) is 29.8. The number of ether oxygens (including phenoxy) is 2. The Hall–Kier alpha value is -4.01. The third kappa shape index (κ3) is 10.1. The third-order valence-corrected chi connectivity index (χ3v) is 10.1. The van der Waals surface area contributed by atoms with Crippen molar-refractivity contribution in [1.29, 1.82) is 5.26 Å². The summed E-state index contributed by atoms with van der Waals surface area (Å²) >= 11 is 6.78. The van der Waals surface area contributed by atoms with Crippen LogP contribution in [0.1, 0.15) is 65.1 Å². The summed E-state index contributed by atoms with van der Waals surface area (Å²) in [4.78, 5) is 6.49. The van der Waals surface area contributed by atoms with Crippen LogP contribution in [0.15, 0.2) is 67.0 Å². The van der Waals surface area contributed by atoms with Crippen LogP contribution in [-0.4, -0.2) is 69.7 Å². The Morgan fingerprint density at radius 3 is 2.33 bits per heavy atom. The van der Waals surface area contributed by atoms with Gasteiger partial charge in [-0.15, -0.1) is 0 Å². The van der Waals surface area contributed by atoms with Gasteiger partial charge in [0, 0.05) is 49.2 Å². The van der Waals surface area contributed by atoms with Crippen LogP contribution in [0, 0.1) is 25.2 Å². The van der Waals surface area contributed by atoms with E-state index < -0.39 is 5.54 Å². The molecular formula is C41H49ClN4O5. The van der Waals surface area contributed by atoms with Gasteiger partial charge in [-0.2, -0.15) is 5.26 Å². The van der Waals surface area contributed by atoms with Crippen molar-refractivity contribution in [2.45, 2.75) is 77.9 Å². The van der Waals surface area contributed by atoms with Gasteiger partial charge in [-0.05, 0) is 98.5 Å². The summed E-state index contributed by atoms with van der Waals surface area (Å²) in [5.41, 5.74) is 8.19. The second kappa shape index (κ2) is 18.0. The number of hydrogen-bond acceptors (Lipinski definition) is 9. The van der Waals surface area contributed by atoms with Gasteiger partial charge in [0.15, 0.2) is 0 Å². The number of unbranched alkanes of at least 4 members (excludes halogenated alkanes) is 1. The molecular weight excluding hydrogens is 664 g/mol. The summed E-state index contributed by atoms with van der Waals surface area (Å²) in [6.45, 7) is 9.10. The van der Waals surface area contributed by atoms with Crippen LogP contribution in [0.4, 0.5) is 0 Å². The van der Waals surface area contributed by atoms with Gasteiger partial charge >= 0.3 is 0 Å². The van der Waals surface area contributed by atoms with Crippen LogP contribution in [0.3, 0.4) is 0 Å². The number of nitrogens with one attached hydrogen (secondary N) is 1. The molecule has 1 fully saturated rings. The topological polar surface area (TPSA) is 131 Å². The average Bonchev–Trinajstić information content (AvgIpc) is 3.57. The van der Waals surface area contributed by atoms with E-state index >= 15 is 0 Å². The average molecular weight is 713 g/mol. The van der Waals surface area contributed by atoms with Crippen LogP contribution in [-0.2, 0) is 26.2 Å². The monoisotopic (exact) mass is 712 g/mol. The van der Waals surface area contributed by atoms with Crippen molar-refractivity contribution in [3.05, 3.63) is 111 Å². The number of likely N-dealkylation sites (tertiary alicyclic amines) is 1. The molecule has 1 saturated heterocycles. The number of β-amino-alcohol motifs (C(OH)–C–C–N with tert-alkyl or cyclic N) is 1. The summed E-state index contributed by atoms with van der Waals surface area (Å²) < 4.78 is 12.6. The maximum Gasteiger partial charge on any atom is 0.142 e. The Kier molecular flexibility index (Phi) is 13.5. The molecule has 1 aliphatic heterocycles. The molecule has 51 heavy (non-hydrogen) atoms. The van der Waals surface area contributed by atoms with Crippen molar-refractivity contribution in [3.8, 4) is 28.7 Å². The molecule has 0 spiro atoms. The number of pyridine rings is 1.